The maximum Gasteiger partial charge on any atom is 0.227 e. The van der Waals surface area contributed by atoms with E-state index in [1.165, 1.54) is 5.56 Å². The van der Waals surface area contributed by atoms with Gasteiger partial charge in [-0.25, -0.2) is 4.98 Å². The predicted octanol–water partition coefficient (Wildman–Crippen LogP) is 2.37. The molecule has 3 aliphatic rings. The molecule has 2 saturated heterocycles. The number of amides is 1. The van der Waals surface area contributed by atoms with Gasteiger partial charge in [-0.1, -0.05) is 30.3 Å². The third-order valence-corrected chi connectivity index (χ3v) is 7.15. The normalized spacial score (nSPS) is 25.3. The van der Waals surface area contributed by atoms with E-state index in [9.17, 15) is 4.79 Å². The van der Waals surface area contributed by atoms with Crippen LogP contribution in [0.4, 0.5) is 0 Å². The smallest absolute Gasteiger partial charge is 0.227 e. The van der Waals surface area contributed by atoms with E-state index >= 15 is 0 Å². The number of oxazole rings is 1. The topological polar surface area (TPSA) is 84.8 Å². The van der Waals surface area contributed by atoms with Crippen molar-refractivity contribution in [1.29, 1.82) is 0 Å². The molecule has 1 aromatic carbocycles. The van der Waals surface area contributed by atoms with Crippen molar-refractivity contribution in [2.75, 3.05) is 32.8 Å². The minimum atomic E-state index is 0.00337. The number of benzene rings is 1. The zero-order valence-corrected chi connectivity index (χ0v) is 18.7. The van der Waals surface area contributed by atoms with Gasteiger partial charge in [0, 0.05) is 57.8 Å². The van der Waals surface area contributed by atoms with Crippen molar-refractivity contribution in [2.45, 2.75) is 57.2 Å². The molecule has 0 bridgehead atoms. The molecule has 2 fully saturated rings. The van der Waals surface area contributed by atoms with Crippen molar-refractivity contribution in [3.05, 3.63) is 53.2 Å². The largest absolute Gasteiger partial charge is 0.445 e. The van der Waals surface area contributed by atoms with Gasteiger partial charge in [0.25, 0.3) is 0 Å². The van der Waals surface area contributed by atoms with E-state index in [-0.39, 0.29) is 17.9 Å². The summed E-state index contributed by atoms with van der Waals surface area (Å²) in [5, 5.41) is 0. The molecule has 5 rings (SSSR count). The first-order chi connectivity index (χ1) is 15.7. The van der Waals surface area contributed by atoms with Gasteiger partial charge in [0.2, 0.25) is 5.91 Å². The average molecular weight is 439 g/mol. The maximum atomic E-state index is 13.5. The first-order valence-electron chi connectivity index (χ1n) is 12.0. The molecule has 0 aliphatic carbocycles. The monoisotopic (exact) mass is 438 g/mol. The molecule has 0 unspecified atom stereocenters. The molecule has 0 spiro atoms. The molecule has 0 saturated carbocycles. The van der Waals surface area contributed by atoms with Crippen LogP contribution in [0.1, 0.15) is 48.6 Å². The van der Waals surface area contributed by atoms with Gasteiger partial charge < -0.3 is 19.8 Å². The standard InChI is InChI=1S/C25H34N4O3/c26-20-7-6-19(15-29(16-20)21-9-12-31-13-10-21)25(30)28-11-8-23-22(17-28)27-24(32-23)14-18-4-2-1-3-5-18/h1-5,19-21H,6-17,26H2/t19-,20+/m0/s1. The second-order valence-corrected chi connectivity index (χ2v) is 9.48. The van der Waals surface area contributed by atoms with Crippen molar-refractivity contribution in [1.82, 2.24) is 14.8 Å². The lowest BCUT2D eigenvalue weighted by Crippen LogP contribution is -2.48. The number of carbonyl (C=O) groups is 1. The SMILES string of the molecule is N[C@@H]1CC[C@H](C(=O)N2CCc3oc(Cc4ccccc4)nc3C2)CN(C2CCOCC2)C1. The van der Waals surface area contributed by atoms with Gasteiger partial charge in [0.15, 0.2) is 5.89 Å². The molecule has 0 radical (unpaired) electrons. The zero-order chi connectivity index (χ0) is 21.9. The molecule has 4 heterocycles. The molecule has 1 amide bonds. The molecule has 2 N–H and O–H groups in total. The Balaban J connectivity index is 1.24. The number of carbonyl (C=O) groups excluding carboxylic acids is 1. The highest BCUT2D eigenvalue weighted by atomic mass is 16.5. The van der Waals surface area contributed by atoms with Gasteiger partial charge in [-0.2, -0.15) is 0 Å². The number of fused-ring (bicyclic) bond motifs is 1. The van der Waals surface area contributed by atoms with E-state index in [1.807, 2.05) is 23.1 Å². The average Bonchev–Trinajstić information content (AvgIpc) is 3.12. The molecular formula is C25H34N4O3. The highest BCUT2D eigenvalue weighted by Crippen LogP contribution is 2.27. The number of nitrogens with two attached hydrogens (primary N) is 1. The molecule has 1 aromatic heterocycles. The number of nitrogens with zero attached hydrogens (tertiary/aromatic N) is 3. The Morgan fingerprint density at radius 3 is 2.72 bits per heavy atom. The van der Waals surface area contributed by atoms with Crippen molar-refractivity contribution in [3.8, 4) is 0 Å². The summed E-state index contributed by atoms with van der Waals surface area (Å²) in [4.78, 5) is 22.7. The van der Waals surface area contributed by atoms with Crippen LogP contribution in [0.2, 0.25) is 0 Å². The lowest BCUT2D eigenvalue weighted by molar-refractivity contribution is -0.137. The van der Waals surface area contributed by atoms with E-state index < -0.39 is 0 Å². The molecule has 32 heavy (non-hydrogen) atoms. The highest BCUT2D eigenvalue weighted by molar-refractivity contribution is 5.79. The Hall–Kier alpha value is -2.22. The summed E-state index contributed by atoms with van der Waals surface area (Å²) in [6, 6.07) is 10.9. The van der Waals surface area contributed by atoms with Gasteiger partial charge in [-0.3, -0.25) is 9.69 Å². The minimum Gasteiger partial charge on any atom is -0.445 e. The van der Waals surface area contributed by atoms with Crippen LogP contribution >= 0.6 is 0 Å². The fraction of sp³-hybridized carbons (Fsp3) is 0.600. The van der Waals surface area contributed by atoms with Crippen LogP contribution < -0.4 is 5.73 Å². The fourth-order valence-electron chi connectivity index (χ4n) is 5.35. The van der Waals surface area contributed by atoms with Gasteiger partial charge in [0.1, 0.15) is 11.5 Å². The van der Waals surface area contributed by atoms with Crippen molar-refractivity contribution in [3.63, 3.8) is 0 Å². The Labute approximate surface area is 189 Å². The van der Waals surface area contributed by atoms with Crippen LogP contribution in [-0.4, -0.2) is 65.6 Å². The minimum absolute atomic E-state index is 0.00337. The maximum absolute atomic E-state index is 13.5. The Kier molecular flexibility index (Phi) is 6.57. The van der Waals surface area contributed by atoms with Gasteiger partial charge in [0.05, 0.1) is 12.5 Å². The first-order valence-corrected chi connectivity index (χ1v) is 12.0. The molecular weight excluding hydrogens is 404 g/mol. The van der Waals surface area contributed by atoms with Crippen LogP contribution in [0.5, 0.6) is 0 Å². The summed E-state index contributed by atoms with van der Waals surface area (Å²) in [6.45, 7) is 4.55. The first kappa shape index (κ1) is 21.6. The highest BCUT2D eigenvalue weighted by Gasteiger charge is 2.35. The van der Waals surface area contributed by atoms with E-state index in [4.69, 9.17) is 19.9 Å². The van der Waals surface area contributed by atoms with E-state index in [0.717, 1.165) is 75.8 Å². The third kappa shape index (κ3) is 4.90. The van der Waals surface area contributed by atoms with Crippen molar-refractivity contribution in [2.24, 2.45) is 11.7 Å². The van der Waals surface area contributed by atoms with E-state index in [1.54, 1.807) is 0 Å². The number of likely N-dealkylation sites (tertiary alicyclic amines) is 1. The van der Waals surface area contributed by atoms with Crippen LogP contribution in [0.3, 0.4) is 0 Å². The second kappa shape index (κ2) is 9.73. The zero-order valence-electron chi connectivity index (χ0n) is 18.7. The lowest BCUT2D eigenvalue weighted by atomic mass is 9.98. The predicted molar refractivity (Wildman–Crippen MR) is 121 cm³/mol. The summed E-state index contributed by atoms with van der Waals surface area (Å²) in [5.74, 6) is 1.92. The van der Waals surface area contributed by atoms with Crippen LogP contribution in [0.25, 0.3) is 0 Å². The lowest BCUT2D eigenvalue weighted by Gasteiger charge is -2.36. The quantitative estimate of drug-likeness (QED) is 0.789. The molecule has 3 aliphatic heterocycles. The number of hydrogen-bond acceptors (Lipinski definition) is 6. The second-order valence-electron chi connectivity index (χ2n) is 9.48. The Morgan fingerprint density at radius 1 is 1.09 bits per heavy atom. The fourth-order valence-corrected chi connectivity index (χ4v) is 5.35. The van der Waals surface area contributed by atoms with Gasteiger partial charge in [-0.05, 0) is 31.2 Å². The Morgan fingerprint density at radius 2 is 1.91 bits per heavy atom. The number of ether oxygens (including phenoxy) is 1. The molecule has 2 atom stereocenters. The van der Waals surface area contributed by atoms with Crippen molar-refractivity contribution < 1.29 is 13.9 Å². The van der Waals surface area contributed by atoms with E-state index in [2.05, 4.69) is 17.0 Å². The van der Waals surface area contributed by atoms with Gasteiger partial charge >= 0.3 is 0 Å². The van der Waals surface area contributed by atoms with Crippen LogP contribution in [0, 0.1) is 5.92 Å². The van der Waals surface area contributed by atoms with Crippen LogP contribution in [0.15, 0.2) is 34.7 Å². The summed E-state index contributed by atoms with van der Waals surface area (Å²) >= 11 is 0. The third-order valence-electron chi connectivity index (χ3n) is 7.15. The summed E-state index contributed by atoms with van der Waals surface area (Å²) < 4.78 is 11.6. The van der Waals surface area contributed by atoms with Gasteiger partial charge in [-0.15, -0.1) is 0 Å². The number of rotatable bonds is 4. The Bertz CT molecular complexity index is 909. The summed E-state index contributed by atoms with van der Waals surface area (Å²) in [7, 11) is 0. The molecule has 7 nitrogen and oxygen atoms in total. The number of hydrogen-bond donors (Lipinski definition) is 1. The van der Waals surface area contributed by atoms with E-state index in [0.29, 0.717) is 25.6 Å². The molecule has 172 valence electrons. The summed E-state index contributed by atoms with van der Waals surface area (Å²) in [5.41, 5.74) is 8.48. The molecule has 2 aromatic rings. The van der Waals surface area contributed by atoms with Crippen molar-refractivity contribution >= 4 is 5.91 Å². The molecule has 7 heteroatoms. The summed E-state index contributed by atoms with van der Waals surface area (Å²) in [6.07, 6.45) is 5.25. The van der Waals surface area contributed by atoms with Crippen LogP contribution in [-0.2, 0) is 28.9 Å². The number of aromatic nitrogens is 1.